The van der Waals surface area contributed by atoms with Crippen molar-refractivity contribution in [1.82, 2.24) is 0 Å². The van der Waals surface area contributed by atoms with Crippen molar-refractivity contribution in [3.8, 4) is 0 Å². The highest BCUT2D eigenvalue weighted by Crippen LogP contribution is 2.68. The van der Waals surface area contributed by atoms with Crippen LogP contribution < -0.4 is 0 Å². The maximum absolute atomic E-state index is 13.6. The predicted octanol–water partition coefficient (Wildman–Crippen LogP) is 4.02. The molecule has 220 valence electrons. The van der Waals surface area contributed by atoms with E-state index in [-0.39, 0.29) is 47.4 Å². The van der Waals surface area contributed by atoms with Crippen molar-refractivity contribution in [2.45, 2.75) is 135 Å². The molecule has 0 heterocycles. The lowest BCUT2D eigenvalue weighted by Crippen LogP contribution is -2.62. The van der Waals surface area contributed by atoms with Crippen LogP contribution in [0.5, 0.6) is 0 Å². The maximum atomic E-state index is 13.6. The minimum Gasteiger partial charge on any atom is -0.463 e. The molecule has 0 bridgehead atoms. The zero-order valence-electron chi connectivity index (χ0n) is 24.7. The van der Waals surface area contributed by atoms with Gasteiger partial charge in [-0.05, 0) is 107 Å². The third kappa shape index (κ3) is 5.10. The molecule has 0 unspecified atom stereocenters. The number of carbonyl (C=O) groups is 3. The van der Waals surface area contributed by atoms with Crippen LogP contribution in [0.3, 0.4) is 0 Å². The van der Waals surface area contributed by atoms with Gasteiger partial charge in [0.2, 0.25) is 0 Å². The van der Waals surface area contributed by atoms with E-state index in [1.807, 2.05) is 6.92 Å². The number of fused-ring (bicyclic) bond motifs is 5. The Hall–Kier alpha value is -1.77. The maximum Gasteiger partial charge on any atom is 0.303 e. The Balaban J connectivity index is 1.66. The molecular formula is C31H48O8. The molecule has 0 aliphatic heterocycles. The molecule has 39 heavy (non-hydrogen) atoms. The first kappa shape index (κ1) is 30.2. The molecule has 9 atom stereocenters. The molecule has 0 aromatic carbocycles. The van der Waals surface area contributed by atoms with E-state index in [9.17, 15) is 29.7 Å². The summed E-state index contributed by atoms with van der Waals surface area (Å²) in [5.41, 5.74) is -3.98. The fourth-order valence-corrected chi connectivity index (χ4v) is 8.96. The Kier molecular flexibility index (Phi) is 7.70. The van der Waals surface area contributed by atoms with Crippen LogP contribution in [-0.4, -0.2) is 62.1 Å². The zero-order valence-corrected chi connectivity index (χ0v) is 24.7. The van der Waals surface area contributed by atoms with Gasteiger partial charge in [-0.3, -0.25) is 14.4 Å². The van der Waals surface area contributed by atoms with E-state index in [4.69, 9.17) is 9.47 Å². The van der Waals surface area contributed by atoms with Gasteiger partial charge in [-0.25, -0.2) is 0 Å². The van der Waals surface area contributed by atoms with Crippen LogP contribution in [0.4, 0.5) is 0 Å². The molecule has 0 radical (unpaired) electrons. The van der Waals surface area contributed by atoms with E-state index in [0.29, 0.717) is 38.5 Å². The summed E-state index contributed by atoms with van der Waals surface area (Å²) in [6.07, 6.45) is 5.50. The van der Waals surface area contributed by atoms with Gasteiger partial charge in [0, 0.05) is 25.2 Å². The number of ketones is 1. The van der Waals surface area contributed by atoms with Crippen molar-refractivity contribution in [3.05, 3.63) is 11.6 Å². The fourth-order valence-electron chi connectivity index (χ4n) is 8.96. The minimum atomic E-state index is -1.45. The topological polar surface area (TPSA) is 130 Å². The summed E-state index contributed by atoms with van der Waals surface area (Å²) in [6, 6.07) is 0. The van der Waals surface area contributed by atoms with Crippen LogP contribution in [0.25, 0.3) is 0 Å². The summed E-state index contributed by atoms with van der Waals surface area (Å²) in [6.45, 7) is 11.9. The van der Waals surface area contributed by atoms with Crippen LogP contribution in [-0.2, 0) is 23.9 Å². The first-order chi connectivity index (χ1) is 17.8. The average molecular weight is 549 g/mol. The van der Waals surface area contributed by atoms with Gasteiger partial charge in [0.1, 0.15) is 17.8 Å². The summed E-state index contributed by atoms with van der Waals surface area (Å²) < 4.78 is 11.1. The number of esters is 2. The van der Waals surface area contributed by atoms with Gasteiger partial charge in [-0.15, -0.1) is 0 Å². The molecule has 0 aromatic heterocycles. The molecule has 4 aliphatic rings. The van der Waals surface area contributed by atoms with Gasteiger partial charge in [0.05, 0.1) is 11.2 Å². The van der Waals surface area contributed by atoms with Crippen molar-refractivity contribution in [2.24, 2.45) is 28.6 Å². The normalized spacial score (nSPS) is 40.4. The van der Waals surface area contributed by atoms with Gasteiger partial charge >= 0.3 is 11.9 Å². The Bertz CT molecular complexity index is 1040. The molecular weight excluding hydrogens is 500 g/mol. The molecule has 0 amide bonds. The SMILES string of the molecule is CC(=O)O[C@H]1CC[C@@]2(C)[C@@H](C1)C(=O)C=C1[C@@H]2CC[C@]2(C)[C@@H]([C@@](C)(O)[C@@H](CCC(C)(C)O)OC(C)=O)CC[C@@]12O. The molecule has 0 spiro atoms. The second-order valence-electron chi connectivity index (χ2n) is 14.2. The van der Waals surface area contributed by atoms with Gasteiger partial charge < -0.3 is 24.8 Å². The molecule has 8 heteroatoms. The van der Waals surface area contributed by atoms with Crippen LogP contribution in [0.15, 0.2) is 11.6 Å². The van der Waals surface area contributed by atoms with E-state index in [2.05, 4.69) is 6.92 Å². The molecule has 3 fully saturated rings. The number of allylic oxidation sites excluding steroid dienone is 1. The number of ether oxygens (including phenoxy) is 2. The Morgan fingerprint density at radius 3 is 2.28 bits per heavy atom. The van der Waals surface area contributed by atoms with E-state index in [1.54, 1.807) is 26.8 Å². The first-order valence-electron chi connectivity index (χ1n) is 14.6. The molecule has 0 aromatic rings. The molecule has 4 aliphatic carbocycles. The number of aliphatic hydroxyl groups is 3. The molecule has 0 saturated heterocycles. The van der Waals surface area contributed by atoms with Gasteiger partial charge in [0.15, 0.2) is 5.78 Å². The Labute approximate surface area is 232 Å². The number of hydrogen-bond donors (Lipinski definition) is 3. The van der Waals surface area contributed by atoms with Crippen LogP contribution in [0.2, 0.25) is 0 Å². The monoisotopic (exact) mass is 548 g/mol. The second-order valence-corrected chi connectivity index (χ2v) is 14.2. The van der Waals surface area contributed by atoms with Crippen molar-refractivity contribution in [2.75, 3.05) is 0 Å². The number of carbonyl (C=O) groups excluding carboxylic acids is 3. The smallest absolute Gasteiger partial charge is 0.303 e. The van der Waals surface area contributed by atoms with Crippen molar-refractivity contribution < 1.29 is 39.2 Å². The summed E-state index contributed by atoms with van der Waals surface area (Å²) in [5, 5.41) is 34.8. The summed E-state index contributed by atoms with van der Waals surface area (Å²) in [7, 11) is 0. The van der Waals surface area contributed by atoms with E-state index in [0.717, 1.165) is 18.4 Å². The third-order valence-corrected chi connectivity index (χ3v) is 11.1. The van der Waals surface area contributed by atoms with E-state index in [1.165, 1.54) is 13.8 Å². The minimum absolute atomic E-state index is 0.0172. The first-order valence-corrected chi connectivity index (χ1v) is 14.6. The highest BCUT2D eigenvalue weighted by atomic mass is 16.6. The lowest BCUT2D eigenvalue weighted by atomic mass is 9.46. The van der Waals surface area contributed by atoms with Crippen LogP contribution in [0.1, 0.15) is 106 Å². The van der Waals surface area contributed by atoms with Crippen molar-refractivity contribution in [3.63, 3.8) is 0 Å². The fraction of sp³-hybridized carbons (Fsp3) is 0.839. The summed E-state index contributed by atoms with van der Waals surface area (Å²) in [5.74, 6) is -1.46. The number of hydrogen-bond acceptors (Lipinski definition) is 8. The number of rotatable bonds is 7. The predicted molar refractivity (Wildman–Crippen MR) is 144 cm³/mol. The third-order valence-electron chi connectivity index (χ3n) is 11.1. The van der Waals surface area contributed by atoms with Crippen LogP contribution in [0, 0.1) is 28.6 Å². The summed E-state index contributed by atoms with van der Waals surface area (Å²) >= 11 is 0. The van der Waals surface area contributed by atoms with Gasteiger partial charge in [0.25, 0.3) is 0 Å². The zero-order chi connectivity index (χ0) is 29.2. The summed E-state index contributed by atoms with van der Waals surface area (Å²) in [4.78, 5) is 37.2. The van der Waals surface area contributed by atoms with Gasteiger partial charge in [-0.2, -0.15) is 0 Å². The van der Waals surface area contributed by atoms with E-state index < -0.39 is 34.3 Å². The Morgan fingerprint density at radius 2 is 1.69 bits per heavy atom. The quantitative estimate of drug-likeness (QED) is 0.407. The molecule has 4 rings (SSSR count). The van der Waals surface area contributed by atoms with Gasteiger partial charge in [-0.1, -0.05) is 13.8 Å². The largest absolute Gasteiger partial charge is 0.463 e. The molecule has 8 nitrogen and oxygen atoms in total. The molecule has 3 N–H and O–H groups in total. The second kappa shape index (κ2) is 9.95. The standard InChI is InChI=1S/C31H48O8/c1-18(32)38-20-8-13-28(5)21-9-14-29(6)25(10-15-31(29,37)22(21)17-24(34)23(28)16-20)30(7,36)26(39-19(2)33)11-12-27(3,4)35/h17,20-21,23,25-26,35-37H,8-16H2,1-7H3/t20-,21-,23-,25-,26+,28+,29+,30+,31+/m0/s1. The average Bonchev–Trinajstić information content (AvgIpc) is 3.08. The molecule has 3 saturated carbocycles. The van der Waals surface area contributed by atoms with E-state index >= 15 is 0 Å². The van der Waals surface area contributed by atoms with Crippen molar-refractivity contribution >= 4 is 17.7 Å². The lowest BCUT2D eigenvalue weighted by molar-refractivity contribution is -0.191. The highest BCUT2D eigenvalue weighted by molar-refractivity contribution is 5.95. The van der Waals surface area contributed by atoms with Crippen LogP contribution >= 0.6 is 0 Å². The Morgan fingerprint density at radius 1 is 1.03 bits per heavy atom. The van der Waals surface area contributed by atoms with Crippen molar-refractivity contribution in [1.29, 1.82) is 0 Å². The highest BCUT2D eigenvalue weighted by Gasteiger charge is 2.69. The lowest BCUT2D eigenvalue weighted by Gasteiger charge is -2.60.